The SMILES string of the molecule is O=C(Nc1nc(-c2ccccn2)cs1)N1CC[C@@H](OCC2CC2)C1. The van der Waals surface area contributed by atoms with E-state index >= 15 is 0 Å². The molecule has 0 unspecified atom stereocenters. The number of nitrogens with zero attached hydrogens (tertiary/aromatic N) is 3. The summed E-state index contributed by atoms with van der Waals surface area (Å²) in [6, 6.07) is 5.59. The number of hydrogen-bond acceptors (Lipinski definition) is 5. The monoisotopic (exact) mass is 344 g/mol. The van der Waals surface area contributed by atoms with Crippen molar-refractivity contribution in [2.24, 2.45) is 5.92 Å². The number of aromatic nitrogens is 2. The van der Waals surface area contributed by atoms with Crippen molar-refractivity contribution in [1.29, 1.82) is 0 Å². The minimum Gasteiger partial charge on any atom is -0.376 e. The van der Waals surface area contributed by atoms with E-state index in [2.05, 4.69) is 15.3 Å². The second kappa shape index (κ2) is 6.86. The van der Waals surface area contributed by atoms with Gasteiger partial charge in [-0.1, -0.05) is 6.07 Å². The lowest BCUT2D eigenvalue weighted by atomic mass is 10.3. The van der Waals surface area contributed by atoms with Gasteiger partial charge in [0.15, 0.2) is 5.13 Å². The summed E-state index contributed by atoms with van der Waals surface area (Å²) in [5, 5.41) is 5.39. The highest BCUT2D eigenvalue weighted by molar-refractivity contribution is 7.14. The summed E-state index contributed by atoms with van der Waals surface area (Å²) in [7, 11) is 0. The van der Waals surface area contributed by atoms with Gasteiger partial charge in [-0.3, -0.25) is 10.3 Å². The van der Waals surface area contributed by atoms with Gasteiger partial charge < -0.3 is 9.64 Å². The van der Waals surface area contributed by atoms with Gasteiger partial charge in [-0.15, -0.1) is 11.3 Å². The molecule has 0 radical (unpaired) electrons. The Morgan fingerprint density at radius 3 is 3.04 bits per heavy atom. The molecule has 2 amide bonds. The molecule has 1 aliphatic heterocycles. The average molecular weight is 344 g/mol. The van der Waals surface area contributed by atoms with Crippen LogP contribution in [0.1, 0.15) is 19.3 Å². The zero-order valence-corrected chi connectivity index (χ0v) is 14.2. The number of pyridine rings is 1. The van der Waals surface area contributed by atoms with Crippen LogP contribution < -0.4 is 5.32 Å². The maximum absolute atomic E-state index is 12.4. The summed E-state index contributed by atoms with van der Waals surface area (Å²) < 4.78 is 5.88. The lowest BCUT2D eigenvalue weighted by molar-refractivity contribution is 0.0543. The van der Waals surface area contributed by atoms with Crippen molar-refractivity contribution in [2.45, 2.75) is 25.4 Å². The van der Waals surface area contributed by atoms with Gasteiger partial charge >= 0.3 is 6.03 Å². The molecular weight excluding hydrogens is 324 g/mol. The number of nitrogens with one attached hydrogen (secondary N) is 1. The number of hydrogen-bond donors (Lipinski definition) is 1. The number of rotatable bonds is 5. The predicted octanol–water partition coefficient (Wildman–Crippen LogP) is 3.24. The van der Waals surface area contributed by atoms with Gasteiger partial charge in [0, 0.05) is 31.3 Å². The molecule has 2 aliphatic rings. The minimum atomic E-state index is -0.102. The van der Waals surface area contributed by atoms with Crippen molar-refractivity contribution in [3.8, 4) is 11.4 Å². The molecule has 1 atom stereocenters. The van der Waals surface area contributed by atoms with Gasteiger partial charge in [-0.25, -0.2) is 9.78 Å². The number of ether oxygens (including phenoxy) is 1. The molecule has 6 nitrogen and oxygen atoms in total. The first-order valence-electron chi connectivity index (χ1n) is 8.32. The normalized spacial score (nSPS) is 20.3. The fourth-order valence-electron chi connectivity index (χ4n) is 2.74. The average Bonchev–Trinajstić information content (AvgIpc) is 3.12. The van der Waals surface area contributed by atoms with E-state index in [0.717, 1.165) is 36.9 Å². The van der Waals surface area contributed by atoms with E-state index in [1.165, 1.54) is 24.2 Å². The number of amides is 2. The van der Waals surface area contributed by atoms with E-state index in [0.29, 0.717) is 11.7 Å². The Kier molecular flexibility index (Phi) is 4.44. The summed E-state index contributed by atoms with van der Waals surface area (Å²) in [4.78, 5) is 22.9. The highest BCUT2D eigenvalue weighted by Gasteiger charge is 2.29. The first-order valence-corrected chi connectivity index (χ1v) is 9.20. The predicted molar refractivity (Wildman–Crippen MR) is 93.0 cm³/mol. The van der Waals surface area contributed by atoms with Crippen LogP contribution in [-0.2, 0) is 4.74 Å². The van der Waals surface area contributed by atoms with Gasteiger partial charge in [-0.05, 0) is 37.3 Å². The molecule has 4 rings (SSSR count). The molecule has 2 aromatic rings. The summed E-state index contributed by atoms with van der Waals surface area (Å²) in [6.45, 7) is 2.25. The van der Waals surface area contributed by atoms with Crippen molar-refractivity contribution in [2.75, 3.05) is 25.0 Å². The fraction of sp³-hybridized carbons (Fsp3) is 0.471. The fourth-order valence-corrected chi connectivity index (χ4v) is 3.43. The Balaban J connectivity index is 1.30. The first kappa shape index (κ1) is 15.5. The molecule has 1 N–H and O–H groups in total. The maximum Gasteiger partial charge on any atom is 0.323 e. The molecular formula is C17H20N4O2S. The highest BCUT2D eigenvalue weighted by atomic mass is 32.1. The first-order chi connectivity index (χ1) is 11.8. The van der Waals surface area contributed by atoms with Crippen LogP contribution in [0.15, 0.2) is 29.8 Å². The Bertz CT molecular complexity index is 702. The van der Waals surface area contributed by atoms with Crippen molar-refractivity contribution >= 4 is 22.5 Å². The van der Waals surface area contributed by atoms with Crippen LogP contribution in [0.25, 0.3) is 11.4 Å². The van der Waals surface area contributed by atoms with Gasteiger partial charge in [0.25, 0.3) is 0 Å². The van der Waals surface area contributed by atoms with Crippen molar-refractivity contribution in [1.82, 2.24) is 14.9 Å². The third-order valence-electron chi connectivity index (χ3n) is 4.34. The number of likely N-dealkylation sites (tertiary alicyclic amines) is 1. The van der Waals surface area contributed by atoms with Gasteiger partial charge in [0.2, 0.25) is 0 Å². The molecule has 24 heavy (non-hydrogen) atoms. The zero-order valence-electron chi connectivity index (χ0n) is 13.4. The number of carbonyl (C=O) groups excluding carboxylic acids is 1. The molecule has 2 fully saturated rings. The molecule has 1 saturated carbocycles. The summed E-state index contributed by atoms with van der Waals surface area (Å²) >= 11 is 1.41. The van der Waals surface area contributed by atoms with Gasteiger partial charge in [0.05, 0.1) is 11.8 Å². The van der Waals surface area contributed by atoms with Crippen molar-refractivity contribution in [3.05, 3.63) is 29.8 Å². The van der Waals surface area contributed by atoms with Crippen LogP contribution in [0.2, 0.25) is 0 Å². The lowest BCUT2D eigenvalue weighted by Crippen LogP contribution is -2.34. The molecule has 2 aromatic heterocycles. The van der Waals surface area contributed by atoms with E-state index in [-0.39, 0.29) is 12.1 Å². The van der Waals surface area contributed by atoms with E-state index < -0.39 is 0 Å². The van der Waals surface area contributed by atoms with E-state index in [1.54, 1.807) is 11.1 Å². The topological polar surface area (TPSA) is 67.4 Å². The molecule has 0 spiro atoms. The Morgan fingerprint density at radius 1 is 1.33 bits per heavy atom. The molecule has 7 heteroatoms. The largest absolute Gasteiger partial charge is 0.376 e. The number of carbonyl (C=O) groups is 1. The van der Waals surface area contributed by atoms with Crippen LogP contribution in [0.3, 0.4) is 0 Å². The van der Waals surface area contributed by atoms with Crippen LogP contribution >= 0.6 is 11.3 Å². The van der Waals surface area contributed by atoms with Crippen LogP contribution in [0, 0.1) is 5.92 Å². The summed E-state index contributed by atoms with van der Waals surface area (Å²) in [5.41, 5.74) is 1.59. The molecule has 126 valence electrons. The zero-order chi connectivity index (χ0) is 16.4. The third kappa shape index (κ3) is 3.73. The quantitative estimate of drug-likeness (QED) is 0.904. The van der Waals surface area contributed by atoms with Crippen molar-refractivity contribution < 1.29 is 9.53 Å². The van der Waals surface area contributed by atoms with E-state index in [9.17, 15) is 4.79 Å². The third-order valence-corrected chi connectivity index (χ3v) is 5.10. The molecule has 0 aromatic carbocycles. The number of anilines is 1. The summed E-state index contributed by atoms with van der Waals surface area (Å²) in [6.07, 6.45) is 5.41. The summed E-state index contributed by atoms with van der Waals surface area (Å²) in [5.74, 6) is 0.758. The van der Waals surface area contributed by atoms with E-state index in [4.69, 9.17) is 4.74 Å². The molecule has 1 saturated heterocycles. The molecule has 1 aliphatic carbocycles. The molecule has 0 bridgehead atoms. The smallest absolute Gasteiger partial charge is 0.323 e. The van der Waals surface area contributed by atoms with E-state index in [1.807, 2.05) is 23.6 Å². The Morgan fingerprint density at radius 2 is 2.25 bits per heavy atom. The van der Waals surface area contributed by atoms with Gasteiger partial charge in [-0.2, -0.15) is 0 Å². The number of thiazole rings is 1. The Hall–Kier alpha value is -1.99. The van der Waals surface area contributed by atoms with Crippen LogP contribution in [0.4, 0.5) is 9.93 Å². The van der Waals surface area contributed by atoms with Crippen LogP contribution in [0.5, 0.6) is 0 Å². The van der Waals surface area contributed by atoms with Crippen molar-refractivity contribution in [3.63, 3.8) is 0 Å². The maximum atomic E-state index is 12.4. The number of urea groups is 1. The standard InChI is InChI=1S/C17H20N4O2S/c22-17(21-8-6-13(9-21)23-10-12-4-5-12)20-16-19-15(11-24-16)14-3-1-2-7-18-14/h1-3,7,11-13H,4-6,8-10H2,(H,19,20,22)/t13-/m1/s1. The molecule has 3 heterocycles. The van der Waals surface area contributed by atoms with Crippen LogP contribution in [-0.4, -0.2) is 46.7 Å². The second-order valence-electron chi connectivity index (χ2n) is 6.32. The second-order valence-corrected chi connectivity index (χ2v) is 7.17. The lowest BCUT2D eigenvalue weighted by Gasteiger charge is -2.16. The van der Waals surface area contributed by atoms with Gasteiger partial charge in [0.1, 0.15) is 5.69 Å². The minimum absolute atomic E-state index is 0.102. The highest BCUT2D eigenvalue weighted by Crippen LogP contribution is 2.30. The Labute approximate surface area is 144 Å².